The van der Waals surface area contributed by atoms with E-state index in [1.165, 1.54) is 6.92 Å². The minimum absolute atomic E-state index is 0.0450. The van der Waals surface area contributed by atoms with Crippen molar-refractivity contribution in [3.8, 4) is 5.75 Å². The van der Waals surface area contributed by atoms with Crippen LogP contribution in [-0.4, -0.2) is 36.8 Å². The lowest BCUT2D eigenvalue weighted by Gasteiger charge is -2.17. The number of ether oxygens (including phenoxy) is 1. The molecule has 2 aromatic rings. The zero-order valence-corrected chi connectivity index (χ0v) is 15.9. The van der Waals surface area contributed by atoms with Crippen LogP contribution in [0.3, 0.4) is 0 Å². The molecule has 0 aliphatic carbocycles. The Balaban J connectivity index is 2.42. The number of aryl methyl sites for hydroxylation is 1. The Morgan fingerprint density at radius 2 is 1.97 bits per heavy atom. The molecular formula is C15H10F5NO6S2. The molecule has 0 radical (unpaired) electrons. The predicted octanol–water partition coefficient (Wildman–Crippen LogP) is 2.79. The Kier molecular flexibility index (Phi) is 5.28. The normalized spacial score (nSPS) is 14.1. The molecule has 0 N–H and O–H groups in total. The Labute approximate surface area is 163 Å². The van der Waals surface area contributed by atoms with E-state index in [2.05, 4.69) is 4.18 Å². The molecule has 0 saturated carbocycles. The van der Waals surface area contributed by atoms with E-state index in [4.69, 9.17) is 4.74 Å². The lowest BCUT2D eigenvalue weighted by atomic mass is 10.1. The second-order valence-electron chi connectivity index (χ2n) is 5.61. The molecule has 1 aromatic carbocycles. The number of carbonyl (C=O) groups excluding carboxylic acids is 1. The number of benzene rings is 1. The SMILES string of the molecule is CCOC(=O)c1c2n(c3c(OS(=O)(=O)C(F)(F)F)c(F)c(F)cc3c1=O)CCS2. The van der Waals surface area contributed by atoms with Crippen LogP contribution in [-0.2, 0) is 21.4 Å². The third-order valence-corrected chi connectivity index (χ3v) is 5.90. The number of esters is 1. The maximum absolute atomic E-state index is 14.3. The quantitative estimate of drug-likeness (QED) is 0.301. The van der Waals surface area contributed by atoms with E-state index in [-0.39, 0.29) is 23.9 Å². The molecule has 2 heterocycles. The van der Waals surface area contributed by atoms with Crippen LogP contribution in [0.15, 0.2) is 15.9 Å². The number of thioether (sulfide) groups is 1. The molecule has 14 heteroatoms. The first-order valence-corrected chi connectivity index (χ1v) is 10.2. The van der Waals surface area contributed by atoms with E-state index in [0.717, 1.165) is 16.3 Å². The van der Waals surface area contributed by atoms with Crippen molar-refractivity contribution in [2.24, 2.45) is 0 Å². The fraction of sp³-hybridized carbons (Fsp3) is 0.333. The monoisotopic (exact) mass is 459 g/mol. The molecule has 0 unspecified atom stereocenters. The number of rotatable bonds is 4. The van der Waals surface area contributed by atoms with Crippen molar-refractivity contribution in [1.82, 2.24) is 4.57 Å². The van der Waals surface area contributed by atoms with Gasteiger partial charge in [-0.05, 0) is 13.0 Å². The van der Waals surface area contributed by atoms with Gasteiger partial charge in [0.05, 0.1) is 17.0 Å². The van der Waals surface area contributed by atoms with Gasteiger partial charge in [-0.15, -0.1) is 11.8 Å². The van der Waals surface area contributed by atoms with Crippen molar-refractivity contribution in [2.75, 3.05) is 12.4 Å². The molecule has 0 atom stereocenters. The molecule has 0 fully saturated rings. The van der Waals surface area contributed by atoms with E-state index in [1.54, 1.807) is 0 Å². The van der Waals surface area contributed by atoms with Gasteiger partial charge in [0.15, 0.2) is 5.82 Å². The summed E-state index contributed by atoms with van der Waals surface area (Å²) < 4.78 is 98.8. The molecule has 0 saturated heterocycles. The van der Waals surface area contributed by atoms with Crippen LogP contribution in [0.25, 0.3) is 10.9 Å². The molecule has 29 heavy (non-hydrogen) atoms. The second-order valence-corrected chi connectivity index (χ2v) is 8.23. The van der Waals surface area contributed by atoms with Gasteiger partial charge in [-0.1, -0.05) is 0 Å². The Hall–Kier alpha value is -2.35. The van der Waals surface area contributed by atoms with Crippen molar-refractivity contribution in [1.29, 1.82) is 0 Å². The van der Waals surface area contributed by atoms with Gasteiger partial charge < -0.3 is 13.5 Å². The van der Waals surface area contributed by atoms with Crippen LogP contribution in [0.4, 0.5) is 22.0 Å². The standard InChI is InChI=1S/C15H10F5NO6S2/c1-2-26-14(23)8-11(22)6-5-7(16)9(17)12(27-29(24,25)15(18,19)20)10(6)21-3-4-28-13(8)21/h5H,2-4H2,1H3. The second kappa shape index (κ2) is 7.16. The first-order valence-electron chi connectivity index (χ1n) is 7.79. The number of hydrogen-bond donors (Lipinski definition) is 0. The number of nitrogens with zero attached hydrogens (tertiary/aromatic N) is 1. The number of fused-ring (bicyclic) bond motifs is 3. The third kappa shape index (κ3) is 3.43. The summed E-state index contributed by atoms with van der Waals surface area (Å²) in [7, 11) is -6.37. The van der Waals surface area contributed by atoms with Gasteiger partial charge in [0, 0.05) is 12.3 Å². The molecule has 1 aliphatic rings. The van der Waals surface area contributed by atoms with Crippen molar-refractivity contribution in [3.63, 3.8) is 0 Å². The Morgan fingerprint density at radius 3 is 2.55 bits per heavy atom. The summed E-state index contributed by atoms with van der Waals surface area (Å²) in [5.41, 5.74) is -8.31. The fourth-order valence-corrected chi connectivity index (χ4v) is 4.31. The molecule has 0 amide bonds. The molecule has 0 bridgehead atoms. The largest absolute Gasteiger partial charge is 0.534 e. The van der Waals surface area contributed by atoms with E-state index in [9.17, 15) is 40.0 Å². The maximum atomic E-state index is 14.3. The lowest BCUT2D eigenvalue weighted by Crippen LogP contribution is -2.29. The van der Waals surface area contributed by atoms with Crippen molar-refractivity contribution in [3.05, 3.63) is 33.5 Å². The Morgan fingerprint density at radius 1 is 1.31 bits per heavy atom. The Bertz CT molecular complexity index is 1190. The molecule has 0 spiro atoms. The highest BCUT2D eigenvalue weighted by atomic mass is 32.2. The highest BCUT2D eigenvalue weighted by Crippen LogP contribution is 2.39. The molecule has 1 aromatic heterocycles. The topological polar surface area (TPSA) is 91.7 Å². The van der Waals surface area contributed by atoms with Crippen LogP contribution < -0.4 is 9.61 Å². The first kappa shape index (κ1) is 21.4. The lowest BCUT2D eigenvalue weighted by molar-refractivity contribution is -0.0500. The first-order chi connectivity index (χ1) is 13.4. The van der Waals surface area contributed by atoms with Crippen molar-refractivity contribution < 1.29 is 44.1 Å². The van der Waals surface area contributed by atoms with E-state index in [0.29, 0.717) is 6.07 Å². The number of halogens is 5. The maximum Gasteiger partial charge on any atom is 0.534 e. The molecule has 3 rings (SSSR count). The average molecular weight is 459 g/mol. The highest BCUT2D eigenvalue weighted by molar-refractivity contribution is 7.99. The van der Waals surface area contributed by atoms with Crippen LogP contribution >= 0.6 is 11.8 Å². The van der Waals surface area contributed by atoms with E-state index >= 15 is 0 Å². The van der Waals surface area contributed by atoms with Crippen LogP contribution in [0.2, 0.25) is 0 Å². The summed E-state index contributed by atoms with van der Waals surface area (Å²) in [6.07, 6.45) is 0. The third-order valence-electron chi connectivity index (χ3n) is 3.86. The van der Waals surface area contributed by atoms with Gasteiger partial charge in [-0.3, -0.25) is 4.79 Å². The number of hydrogen-bond acceptors (Lipinski definition) is 7. The van der Waals surface area contributed by atoms with Crippen LogP contribution in [0, 0.1) is 11.6 Å². The minimum Gasteiger partial charge on any atom is -0.462 e. The number of aromatic nitrogens is 1. The number of carbonyl (C=O) groups is 1. The van der Waals surface area contributed by atoms with Crippen molar-refractivity contribution >= 4 is 38.8 Å². The summed E-state index contributed by atoms with van der Waals surface area (Å²) in [6, 6.07) is 0.360. The van der Waals surface area contributed by atoms with Crippen LogP contribution in [0.1, 0.15) is 17.3 Å². The predicted molar refractivity (Wildman–Crippen MR) is 90.4 cm³/mol. The smallest absolute Gasteiger partial charge is 0.462 e. The van der Waals surface area contributed by atoms with E-state index < -0.39 is 60.9 Å². The van der Waals surface area contributed by atoms with E-state index in [1.807, 2.05) is 0 Å². The molecule has 1 aliphatic heterocycles. The van der Waals surface area contributed by atoms with Gasteiger partial charge in [0.1, 0.15) is 11.1 Å². The van der Waals surface area contributed by atoms with Crippen LogP contribution in [0.5, 0.6) is 5.75 Å². The molecule has 7 nitrogen and oxygen atoms in total. The van der Waals surface area contributed by atoms with Gasteiger partial charge in [0.2, 0.25) is 17.0 Å². The highest BCUT2D eigenvalue weighted by Gasteiger charge is 2.49. The van der Waals surface area contributed by atoms with Crippen molar-refractivity contribution in [2.45, 2.75) is 24.0 Å². The van der Waals surface area contributed by atoms with Gasteiger partial charge in [-0.2, -0.15) is 26.0 Å². The van der Waals surface area contributed by atoms with Gasteiger partial charge in [0.25, 0.3) is 0 Å². The minimum atomic E-state index is -6.37. The summed E-state index contributed by atoms with van der Waals surface area (Å²) in [5.74, 6) is -6.32. The number of pyridine rings is 1. The summed E-state index contributed by atoms with van der Waals surface area (Å²) in [4.78, 5) is 24.9. The fourth-order valence-electron chi connectivity index (χ4n) is 2.72. The zero-order valence-electron chi connectivity index (χ0n) is 14.3. The summed E-state index contributed by atoms with van der Waals surface area (Å²) in [5, 5.41) is -0.813. The molecular weight excluding hydrogens is 449 g/mol. The number of alkyl halides is 3. The molecule has 158 valence electrons. The summed E-state index contributed by atoms with van der Waals surface area (Å²) >= 11 is 0.939. The summed E-state index contributed by atoms with van der Waals surface area (Å²) in [6.45, 7) is 1.32. The van der Waals surface area contributed by atoms with Gasteiger partial charge >= 0.3 is 21.6 Å². The zero-order chi connectivity index (χ0) is 21.7. The van der Waals surface area contributed by atoms with Gasteiger partial charge in [-0.25, -0.2) is 9.18 Å². The average Bonchev–Trinajstić information content (AvgIpc) is 3.07.